The van der Waals surface area contributed by atoms with Crippen molar-refractivity contribution in [2.24, 2.45) is 0 Å². The molecular formula is C24H20. The molecule has 3 aliphatic rings. The van der Waals surface area contributed by atoms with E-state index >= 15 is 0 Å². The van der Waals surface area contributed by atoms with Crippen LogP contribution >= 0.6 is 0 Å². The summed E-state index contributed by atoms with van der Waals surface area (Å²) in [5.41, 5.74) is 10.1. The van der Waals surface area contributed by atoms with Crippen LogP contribution in [0.15, 0.2) is 84.4 Å². The van der Waals surface area contributed by atoms with Gasteiger partial charge in [-0.1, -0.05) is 84.4 Å². The van der Waals surface area contributed by atoms with Gasteiger partial charge in [0.1, 0.15) is 0 Å². The molecule has 0 atom stereocenters. The summed E-state index contributed by atoms with van der Waals surface area (Å²) in [7, 11) is 0. The second-order valence-corrected chi connectivity index (χ2v) is 6.92. The molecule has 0 saturated heterocycles. The minimum absolute atomic E-state index is 0.146. The van der Waals surface area contributed by atoms with Crippen LogP contribution in [0.3, 0.4) is 0 Å². The summed E-state index contributed by atoms with van der Waals surface area (Å²) >= 11 is 0. The summed E-state index contributed by atoms with van der Waals surface area (Å²) in [5.74, 6) is 0.361. The second-order valence-electron chi connectivity index (χ2n) is 6.92. The van der Waals surface area contributed by atoms with Crippen molar-refractivity contribution in [1.82, 2.24) is 0 Å². The Morgan fingerprint density at radius 3 is 1.46 bits per heavy atom. The molecule has 0 amide bonds. The molecule has 0 spiro atoms. The van der Waals surface area contributed by atoms with Crippen molar-refractivity contribution in [2.45, 2.75) is 25.2 Å². The number of hydrogen-bond acceptors (Lipinski definition) is 0. The highest BCUT2D eigenvalue weighted by atomic mass is 14.5. The molecule has 0 nitrogen and oxygen atoms in total. The third kappa shape index (κ3) is 1.40. The van der Waals surface area contributed by atoms with Crippen molar-refractivity contribution in [3.05, 3.63) is 118 Å². The highest BCUT2D eigenvalue weighted by Crippen LogP contribution is 2.61. The topological polar surface area (TPSA) is 0 Å². The Kier molecular flexibility index (Phi) is 2.71. The smallest absolute Gasteiger partial charge is 0.0667 e. The van der Waals surface area contributed by atoms with Crippen LogP contribution in [0.2, 0.25) is 0 Å². The van der Waals surface area contributed by atoms with E-state index in [2.05, 4.69) is 92.7 Å². The summed E-state index contributed by atoms with van der Waals surface area (Å²) in [4.78, 5) is 0. The Balaban J connectivity index is 2.04. The van der Waals surface area contributed by atoms with Crippen LogP contribution < -0.4 is 0 Å². The van der Waals surface area contributed by atoms with Crippen LogP contribution in [-0.4, -0.2) is 0 Å². The van der Waals surface area contributed by atoms with E-state index < -0.39 is 0 Å². The van der Waals surface area contributed by atoms with Gasteiger partial charge in [0.25, 0.3) is 0 Å². The van der Waals surface area contributed by atoms with E-state index in [0.717, 1.165) is 0 Å². The number of hydrogen-bond donors (Lipinski definition) is 0. The zero-order valence-corrected chi connectivity index (χ0v) is 14.1. The average molecular weight is 308 g/mol. The molecule has 24 heavy (non-hydrogen) atoms. The van der Waals surface area contributed by atoms with Crippen LogP contribution in [0.25, 0.3) is 0 Å². The van der Waals surface area contributed by atoms with Gasteiger partial charge in [-0.25, -0.2) is 0 Å². The number of allylic oxidation sites excluding steroid dienone is 2. The normalized spacial score (nSPS) is 23.4. The van der Waals surface area contributed by atoms with Gasteiger partial charge in [0, 0.05) is 5.92 Å². The predicted molar refractivity (Wildman–Crippen MR) is 99.6 cm³/mol. The van der Waals surface area contributed by atoms with E-state index in [1.807, 2.05) is 0 Å². The zero-order chi connectivity index (χ0) is 16.3. The lowest BCUT2D eigenvalue weighted by molar-refractivity contribution is 0.617. The van der Waals surface area contributed by atoms with Gasteiger partial charge in [-0.05, 0) is 47.2 Å². The minimum Gasteiger partial charge on any atom is -0.0872 e. The van der Waals surface area contributed by atoms with Gasteiger partial charge in [0.05, 0.1) is 5.41 Å². The van der Waals surface area contributed by atoms with Gasteiger partial charge in [0.2, 0.25) is 0 Å². The van der Waals surface area contributed by atoms with Gasteiger partial charge in [-0.2, -0.15) is 0 Å². The summed E-state index contributed by atoms with van der Waals surface area (Å²) in [6.07, 6.45) is 2.29. The molecule has 0 heteroatoms. The second kappa shape index (κ2) is 4.70. The quantitative estimate of drug-likeness (QED) is 0.499. The van der Waals surface area contributed by atoms with Crippen molar-refractivity contribution in [3.63, 3.8) is 0 Å². The summed E-state index contributed by atoms with van der Waals surface area (Å²) in [5, 5.41) is 0. The van der Waals surface area contributed by atoms with E-state index in [9.17, 15) is 0 Å². The van der Waals surface area contributed by atoms with Crippen molar-refractivity contribution in [2.75, 3.05) is 0 Å². The Labute approximate surface area is 143 Å². The molecule has 6 rings (SSSR count). The highest BCUT2D eigenvalue weighted by molar-refractivity contribution is 5.75. The van der Waals surface area contributed by atoms with Gasteiger partial charge < -0.3 is 0 Å². The Morgan fingerprint density at radius 1 is 0.708 bits per heavy atom. The van der Waals surface area contributed by atoms with Gasteiger partial charge >= 0.3 is 0 Å². The van der Waals surface area contributed by atoms with Crippen LogP contribution in [0.1, 0.15) is 53.1 Å². The largest absolute Gasteiger partial charge is 0.0872 e. The molecule has 0 fully saturated rings. The first kappa shape index (κ1) is 13.8. The fourth-order valence-electron chi connectivity index (χ4n) is 5.06. The molecule has 3 aromatic rings. The van der Waals surface area contributed by atoms with Crippen molar-refractivity contribution in [1.29, 1.82) is 0 Å². The molecular weight excluding hydrogens is 288 g/mol. The average Bonchev–Trinajstić information content (AvgIpc) is 2.67. The lowest BCUT2D eigenvalue weighted by atomic mass is 9.51. The molecule has 0 aromatic heterocycles. The zero-order valence-electron chi connectivity index (χ0n) is 14.1. The molecule has 0 radical (unpaired) electrons. The first-order chi connectivity index (χ1) is 11.8. The monoisotopic (exact) mass is 308 g/mol. The van der Waals surface area contributed by atoms with Gasteiger partial charge in [0.15, 0.2) is 0 Å². The summed E-state index contributed by atoms with van der Waals surface area (Å²) in [6, 6.07) is 27.1. The van der Waals surface area contributed by atoms with E-state index in [0.29, 0.717) is 5.92 Å². The Hall–Kier alpha value is -2.60. The fraction of sp³-hybridized carbons (Fsp3) is 0.167. The first-order valence-corrected chi connectivity index (χ1v) is 8.71. The van der Waals surface area contributed by atoms with Crippen molar-refractivity contribution < 1.29 is 0 Å². The van der Waals surface area contributed by atoms with E-state index in [1.165, 1.54) is 39.0 Å². The summed E-state index contributed by atoms with van der Waals surface area (Å²) < 4.78 is 0. The SMILES string of the molecule is C/C=C(\C)C12c3ccccc3C(c3ccccc31)c1ccccc12. The van der Waals surface area contributed by atoms with Crippen LogP contribution in [0.5, 0.6) is 0 Å². The summed E-state index contributed by atoms with van der Waals surface area (Å²) in [6.45, 7) is 4.45. The molecule has 0 heterocycles. The molecule has 0 saturated carbocycles. The minimum atomic E-state index is -0.146. The number of rotatable bonds is 1. The molecule has 2 bridgehead atoms. The van der Waals surface area contributed by atoms with E-state index in [-0.39, 0.29) is 5.41 Å². The molecule has 3 aromatic carbocycles. The molecule has 116 valence electrons. The van der Waals surface area contributed by atoms with Crippen molar-refractivity contribution in [3.8, 4) is 0 Å². The highest BCUT2D eigenvalue weighted by Gasteiger charge is 2.51. The lowest BCUT2D eigenvalue weighted by Crippen LogP contribution is -2.43. The Morgan fingerprint density at radius 2 is 1.08 bits per heavy atom. The maximum absolute atomic E-state index is 2.33. The Bertz CT molecular complexity index is 874. The van der Waals surface area contributed by atoms with Crippen LogP contribution in [0, 0.1) is 0 Å². The molecule has 3 aliphatic carbocycles. The molecule has 0 aliphatic heterocycles. The third-order valence-corrected chi connectivity index (χ3v) is 6.05. The van der Waals surface area contributed by atoms with E-state index in [4.69, 9.17) is 0 Å². The third-order valence-electron chi connectivity index (χ3n) is 6.05. The van der Waals surface area contributed by atoms with Crippen molar-refractivity contribution >= 4 is 0 Å². The standard InChI is InChI=1S/C24H20/c1-3-16(2)24-20-13-7-4-10-17(20)23(18-11-5-8-14-21(18)24)19-12-6-9-15-22(19)24/h3-15,23H,1-2H3/b16-3+. The maximum atomic E-state index is 2.33. The molecule has 0 N–H and O–H groups in total. The maximum Gasteiger partial charge on any atom is 0.0667 e. The fourth-order valence-corrected chi connectivity index (χ4v) is 5.06. The van der Waals surface area contributed by atoms with E-state index in [1.54, 1.807) is 0 Å². The number of benzene rings is 3. The van der Waals surface area contributed by atoms with Crippen LogP contribution in [0.4, 0.5) is 0 Å². The van der Waals surface area contributed by atoms with Crippen LogP contribution in [-0.2, 0) is 5.41 Å². The van der Waals surface area contributed by atoms with Gasteiger partial charge in [-0.15, -0.1) is 0 Å². The first-order valence-electron chi connectivity index (χ1n) is 8.71. The lowest BCUT2D eigenvalue weighted by Gasteiger charge is -2.51. The molecule has 0 unspecified atom stereocenters. The van der Waals surface area contributed by atoms with Gasteiger partial charge in [-0.3, -0.25) is 0 Å². The predicted octanol–water partition coefficient (Wildman–Crippen LogP) is 5.79.